The van der Waals surface area contributed by atoms with Crippen molar-refractivity contribution in [2.75, 3.05) is 4.90 Å². The predicted molar refractivity (Wildman–Crippen MR) is 104 cm³/mol. The normalized spacial score (nSPS) is 27.1. The lowest BCUT2D eigenvalue weighted by Gasteiger charge is -2.34. The van der Waals surface area contributed by atoms with Crippen LogP contribution in [0.4, 0.5) is 10.1 Å². The van der Waals surface area contributed by atoms with Gasteiger partial charge in [-0.25, -0.2) is 9.29 Å². The fourth-order valence-electron chi connectivity index (χ4n) is 4.76. The fourth-order valence-corrected chi connectivity index (χ4v) is 4.94. The molecule has 1 unspecified atom stereocenters. The molecule has 2 aromatic rings. The van der Waals surface area contributed by atoms with Gasteiger partial charge in [0.25, 0.3) is 0 Å². The number of halogens is 2. The number of fused-ring (bicyclic) bond motifs is 5. The van der Waals surface area contributed by atoms with Crippen molar-refractivity contribution in [2.45, 2.75) is 12.1 Å². The molecule has 8 heteroatoms. The number of anilines is 1. The van der Waals surface area contributed by atoms with E-state index in [2.05, 4.69) is 0 Å². The van der Waals surface area contributed by atoms with Crippen LogP contribution in [0.25, 0.3) is 6.08 Å². The molecule has 0 radical (unpaired) electrons. The Labute approximate surface area is 170 Å². The Kier molecular flexibility index (Phi) is 3.79. The number of nitrogens with zero attached hydrogens (tertiary/aromatic N) is 2. The summed E-state index contributed by atoms with van der Waals surface area (Å²) in [6.07, 6.45) is 3.57. The molecule has 0 spiro atoms. The van der Waals surface area contributed by atoms with Gasteiger partial charge >= 0.3 is 0 Å². The molecular formula is C21H15ClFN3O3. The summed E-state index contributed by atoms with van der Waals surface area (Å²) in [5.41, 5.74) is 7.60. The third-order valence-corrected chi connectivity index (χ3v) is 6.20. The van der Waals surface area contributed by atoms with E-state index in [4.69, 9.17) is 17.3 Å². The van der Waals surface area contributed by atoms with Gasteiger partial charge in [-0.3, -0.25) is 14.4 Å². The van der Waals surface area contributed by atoms with E-state index in [9.17, 15) is 18.8 Å². The number of hydrogen-bond donors (Lipinski definition) is 1. The van der Waals surface area contributed by atoms with Gasteiger partial charge in [0.15, 0.2) is 0 Å². The summed E-state index contributed by atoms with van der Waals surface area (Å²) < 4.78 is 13.6. The summed E-state index contributed by atoms with van der Waals surface area (Å²) in [5, 5.41) is -0.195. The molecule has 2 aromatic carbocycles. The van der Waals surface area contributed by atoms with Crippen molar-refractivity contribution >= 4 is 41.1 Å². The summed E-state index contributed by atoms with van der Waals surface area (Å²) in [5.74, 6) is -4.02. The average molecular weight is 412 g/mol. The Morgan fingerprint density at radius 2 is 1.79 bits per heavy atom. The van der Waals surface area contributed by atoms with Gasteiger partial charge in [0, 0.05) is 6.20 Å². The maximum Gasteiger partial charge on any atom is 0.240 e. The molecular weight excluding hydrogens is 397 g/mol. The Morgan fingerprint density at radius 1 is 1.07 bits per heavy atom. The van der Waals surface area contributed by atoms with Crippen LogP contribution in [0.1, 0.15) is 17.2 Å². The zero-order chi connectivity index (χ0) is 20.4. The van der Waals surface area contributed by atoms with Crippen LogP contribution in [0.3, 0.4) is 0 Å². The van der Waals surface area contributed by atoms with Crippen molar-refractivity contribution in [1.29, 1.82) is 0 Å². The third-order valence-electron chi connectivity index (χ3n) is 5.91. The van der Waals surface area contributed by atoms with Crippen LogP contribution >= 0.6 is 11.6 Å². The molecule has 29 heavy (non-hydrogen) atoms. The molecule has 5 rings (SSSR count). The smallest absolute Gasteiger partial charge is 0.240 e. The van der Waals surface area contributed by atoms with Crippen molar-refractivity contribution in [3.05, 3.63) is 70.6 Å². The van der Waals surface area contributed by atoms with Crippen molar-refractivity contribution < 1.29 is 18.8 Å². The molecule has 6 nitrogen and oxygen atoms in total. The van der Waals surface area contributed by atoms with E-state index < -0.39 is 47.5 Å². The molecule has 3 aliphatic rings. The Hall–Kier alpha value is -3.19. The minimum Gasteiger partial charge on any atom is -0.368 e. The van der Waals surface area contributed by atoms with Gasteiger partial charge in [0.1, 0.15) is 11.9 Å². The number of imide groups is 1. The van der Waals surface area contributed by atoms with Crippen LogP contribution in [0.5, 0.6) is 0 Å². The van der Waals surface area contributed by atoms with E-state index in [1.807, 2.05) is 30.3 Å². The minimum atomic E-state index is -0.952. The molecule has 3 heterocycles. The lowest BCUT2D eigenvalue weighted by Crippen LogP contribution is -2.46. The first-order valence-corrected chi connectivity index (χ1v) is 9.44. The SMILES string of the molecule is NC(=O)[C@@H]1[C@@H]2C(=O)N(c3ccc(F)c(Cl)c3)C(=O)[C@@H]2C2c3ccccc3C=CN21. The van der Waals surface area contributed by atoms with E-state index in [1.165, 1.54) is 12.1 Å². The predicted octanol–water partition coefficient (Wildman–Crippen LogP) is 2.48. The van der Waals surface area contributed by atoms with Gasteiger partial charge in [-0.1, -0.05) is 35.9 Å². The molecule has 2 fully saturated rings. The number of amides is 3. The van der Waals surface area contributed by atoms with Gasteiger partial charge in [-0.05, 0) is 35.4 Å². The highest BCUT2D eigenvalue weighted by Gasteiger charge is 2.64. The van der Waals surface area contributed by atoms with Crippen LogP contribution in [-0.4, -0.2) is 28.7 Å². The molecule has 2 saturated heterocycles. The number of carbonyl (C=O) groups is 3. The van der Waals surface area contributed by atoms with Crippen molar-refractivity contribution in [3.63, 3.8) is 0 Å². The lowest BCUT2D eigenvalue weighted by atomic mass is 9.84. The Morgan fingerprint density at radius 3 is 2.52 bits per heavy atom. The number of carbonyl (C=O) groups excluding carboxylic acids is 3. The first-order valence-electron chi connectivity index (χ1n) is 9.07. The first-order chi connectivity index (χ1) is 13.9. The van der Waals surface area contributed by atoms with E-state index in [0.717, 1.165) is 22.1 Å². The van der Waals surface area contributed by atoms with Crippen LogP contribution in [0.2, 0.25) is 5.02 Å². The van der Waals surface area contributed by atoms with E-state index >= 15 is 0 Å². The van der Waals surface area contributed by atoms with Crippen LogP contribution < -0.4 is 10.6 Å². The minimum absolute atomic E-state index is 0.176. The average Bonchev–Trinajstić information content (AvgIpc) is 3.17. The molecule has 4 atom stereocenters. The van der Waals surface area contributed by atoms with Crippen molar-refractivity contribution in [2.24, 2.45) is 17.6 Å². The van der Waals surface area contributed by atoms with Crippen molar-refractivity contribution in [3.8, 4) is 0 Å². The van der Waals surface area contributed by atoms with Crippen LogP contribution in [0, 0.1) is 17.7 Å². The molecule has 3 amide bonds. The maximum atomic E-state index is 13.6. The first kappa shape index (κ1) is 17.9. The largest absolute Gasteiger partial charge is 0.368 e. The maximum absolute atomic E-state index is 13.6. The number of hydrogen-bond acceptors (Lipinski definition) is 4. The second kappa shape index (κ2) is 6.15. The Balaban J connectivity index is 1.65. The molecule has 146 valence electrons. The van der Waals surface area contributed by atoms with Crippen LogP contribution in [0.15, 0.2) is 48.7 Å². The fraction of sp³-hybridized carbons (Fsp3) is 0.190. The monoisotopic (exact) mass is 411 g/mol. The molecule has 2 N–H and O–H groups in total. The quantitative estimate of drug-likeness (QED) is 0.769. The number of nitrogens with two attached hydrogens (primary N) is 1. The summed E-state index contributed by atoms with van der Waals surface area (Å²) in [7, 11) is 0. The summed E-state index contributed by atoms with van der Waals surface area (Å²) >= 11 is 5.85. The van der Waals surface area contributed by atoms with Gasteiger partial charge in [0.05, 0.1) is 28.6 Å². The highest BCUT2D eigenvalue weighted by atomic mass is 35.5. The van der Waals surface area contributed by atoms with Crippen LogP contribution in [-0.2, 0) is 14.4 Å². The number of benzene rings is 2. The summed E-state index contributed by atoms with van der Waals surface area (Å²) in [6.45, 7) is 0. The highest BCUT2D eigenvalue weighted by Crippen LogP contribution is 2.53. The lowest BCUT2D eigenvalue weighted by molar-refractivity contribution is -0.129. The molecule has 0 saturated carbocycles. The second-order valence-corrected chi connectivity index (χ2v) is 7.75. The van der Waals surface area contributed by atoms with E-state index in [1.54, 1.807) is 11.1 Å². The number of primary amides is 1. The van der Waals surface area contributed by atoms with Gasteiger partial charge in [-0.15, -0.1) is 0 Å². The molecule has 0 bridgehead atoms. The van der Waals surface area contributed by atoms with Gasteiger partial charge in [0.2, 0.25) is 17.7 Å². The summed E-state index contributed by atoms with van der Waals surface area (Å²) in [6, 6.07) is 9.74. The number of rotatable bonds is 2. The van der Waals surface area contributed by atoms with Gasteiger partial charge in [-0.2, -0.15) is 0 Å². The van der Waals surface area contributed by atoms with E-state index in [-0.39, 0.29) is 10.7 Å². The molecule has 0 aromatic heterocycles. The second-order valence-electron chi connectivity index (χ2n) is 7.35. The van der Waals surface area contributed by atoms with E-state index in [0.29, 0.717) is 0 Å². The summed E-state index contributed by atoms with van der Waals surface area (Å²) in [4.78, 5) is 41.7. The highest BCUT2D eigenvalue weighted by molar-refractivity contribution is 6.31. The third kappa shape index (κ3) is 2.37. The Bertz CT molecular complexity index is 1120. The standard InChI is InChI=1S/C21H15ClFN3O3/c22-13-9-11(5-6-14(13)23)26-20(28)15-16(21(26)29)18(19(24)27)25-8-7-10-3-1-2-4-12(10)17(15)25/h1-9,15-18H,(H2,24,27)/t15-,16+,17?,18-/m0/s1. The van der Waals surface area contributed by atoms with Crippen molar-refractivity contribution in [1.82, 2.24) is 4.90 Å². The van der Waals surface area contributed by atoms with Gasteiger partial charge < -0.3 is 10.6 Å². The zero-order valence-corrected chi connectivity index (χ0v) is 15.7. The topological polar surface area (TPSA) is 83.7 Å². The molecule has 0 aliphatic carbocycles. The molecule has 3 aliphatic heterocycles. The zero-order valence-electron chi connectivity index (χ0n) is 15.0.